The minimum atomic E-state index is -1.56. The Morgan fingerprint density at radius 2 is 1.96 bits per heavy atom. The molecule has 2 saturated heterocycles. The number of hydrogen-bond donors (Lipinski definition) is 0. The number of fused-ring (bicyclic) bond motifs is 4. The molecule has 0 spiro atoms. The maximum absolute atomic E-state index is 12.7. The maximum atomic E-state index is 12.7. The van der Waals surface area contributed by atoms with Crippen LogP contribution >= 0.6 is 0 Å². The molecular formula is C20H33NO2Si. The summed E-state index contributed by atoms with van der Waals surface area (Å²) < 4.78 is 6.76. The van der Waals surface area contributed by atoms with Gasteiger partial charge in [-0.15, -0.1) is 0 Å². The van der Waals surface area contributed by atoms with Crippen LogP contribution in [0.3, 0.4) is 0 Å². The van der Waals surface area contributed by atoms with Gasteiger partial charge in [0.1, 0.15) is 6.23 Å². The topological polar surface area (TPSA) is 29.5 Å². The predicted octanol–water partition coefficient (Wildman–Crippen LogP) is 4.08. The number of ether oxygens (including phenoxy) is 1. The first-order valence-corrected chi connectivity index (χ1v) is 13.3. The van der Waals surface area contributed by atoms with Crippen molar-refractivity contribution in [2.45, 2.75) is 83.1 Å². The van der Waals surface area contributed by atoms with E-state index in [4.69, 9.17) is 4.74 Å². The molecule has 2 aliphatic carbocycles. The van der Waals surface area contributed by atoms with Crippen molar-refractivity contribution < 1.29 is 9.53 Å². The van der Waals surface area contributed by atoms with E-state index in [0.29, 0.717) is 23.7 Å². The average molecular weight is 348 g/mol. The zero-order valence-corrected chi connectivity index (χ0v) is 17.1. The summed E-state index contributed by atoms with van der Waals surface area (Å²) >= 11 is 0. The van der Waals surface area contributed by atoms with Crippen molar-refractivity contribution in [3.63, 3.8) is 0 Å². The largest absolute Gasteiger partial charge is 0.359 e. The summed E-state index contributed by atoms with van der Waals surface area (Å²) in [6.07, 6.45) is 6.28. The van der Waals surface area contributed by atoms with Crippen molar-refractivity contribution in [3.8, 4) is 0 Å². The van der Waals surface area contributed by atoms with Crippen LogP contribution in [0.2, 0.25) is 25.2 Å². The molecule has 3 fully saturated rings. The summed E-state index contributed by atoms with van der Waals surface area (Å²) in [5.41, 5.74) is 1.74. The molecule has 2 aliphatic heterocycles. The van der Waals surface area contributed by atoms with Crippen molar-refractivity contribution in [3.05, 3.63) is 11.6 Å². The zero-order chi connectivity index (χ0) is 17.4. The Hall–Kier alpha value is -0.453. The molecule has 1 saturated carbocycles. The summed E-state index contributed by atoms with van der Waals surface area (Å²) in [5, 5.41) is 0. The van der Waals surface area contributed by atoms with Gasteiger partial charge in [-0.25, -0.2) is 0 Å². The molecule has 4 aliphatic rings. The van der Waals surface area contributed by atoms with Crippen molar-refractivity contribution in [1.82, 2.24) is 4.90 Å². The average Bonchev–Trinajstić information content (AvgIpc) is 2.93. The van der Waals surface area contributed by atoms with Crippen molar-refractivity contribution in [2.75, 3.05) is 6.54 Å². The molecular weight excluding hydrogens is 314 g/mol. The Morgan fingerprint density at radius 1 is 1.25 bits per heavy atom. The first kappa shape index (κ1) is 17.0. The molecule has 6 atom stereocenters. The van der Waals surface area contributed by atoms with Gasteiger partial charge in [0.05, 0.1) is 14.2 Å². The highest BCUT2D eigenvalue weighted by molar-refractivity contribution is 6.81. The number of ketones is 1. The van der Waals surface area contributed by atoms with E-state index in [1.807, 2.05) is 6.08 Å². The maximum Gasteiger partial charge on any atom is 0.156 e. The lowest BCUT2D eigenvalue weighted by Gasteiger charge is -2.56. The van der Waals surface area contributed by atoms with Gasteiger partial charge in [-0.1, -0.05) is 33.0 Å². The van der Waals surface area contributed by atoms with E-state index >= 15 is 0 Å². The quantitative estimate of drug-likeness (QED) is 0.670. The van der Waals surface area contributed by atoms with Gasteiger partial charge >= 0.3 is 0 Å². The first-order chi connectivity index (χ1) is 11.1. The van der Waals surface area contributed by atoms with E-state index in [-0.39, 0.29) is 17.3 Å². The minimum Gasteiger partial charge on any atom is -0.359 e. The molecule has 0 N–H and O–H groups in total. The Kier molecular flexibility index (Phi) is 3.73. The minimum absolute atomic E-state index is 0.126. The summed E-state index contributed by atoms with van der Waals surface area (Å²) in [7, 11) is -1.56. The Bertz CT molecular complexity index is 591. The molecule has 0 aromatic carbocycles. The van der Waals surface area contributed by atoms with Crippen molar-refractivity contribution in [2.24, 2.45) is 17.8 Å². The number of rotatable bonds is 1. The van der Waals surface area contributed by atoms with Gasteiger partial charge in [-0.2, -0.15) is 0 Å². The molecule has 0 aromatic rings. The van der Waals surface area contributed by atoms with Crippen molar-refractivity contribution in [1.29, 1.82) is 0 Å². The van der Waals surface area contributed by atoms with Crippen LogP contribution in [-0.2, 0) is 9.53 Å². The second kappa shape index (κ2) is 5.27. The highest BCUT2D eigenvalue weighted by atomic mass is 28.3. The molecule has 4 rings (SSSR count). The third-order valence-electron chi connectivity index (χ3n) is 7.34. The first-order valence-electron chi connectivity index (χ1n) is 9.77. The normalized spacial score (nSPS) is 44.8. The van der Waals surface area contributed by atoms with Gasteiger partial charge in [0.15, 0.2) is 5.78 Å². The zero-order valence-electron chi connectivity index (χ0n) is 16.1. The molecule has 24 heavy (non-hydrogen) atoms. The summed E-state index contributed by atoms with van der Waals surface area (Å²) in [4.78, 5) is 15.3. The second-order valence-electron chi connectivity index (χ2n) is 10.4. The fraction of sp³-hybridized carbons (Fsp3) is 0.850. The third kappa shape index (κ3) is 2.33. The molecule has 3 nitrogen and oxygen atoms in total. The summed E-state index contributed by atoms with van der Waals surface area (Å²) in [6.45, 7) is 15.2. The SMILES string of the molecule is C[C@@H]1CC[C@@H]2[C@@H](C1)O[C@H]1C3C(=CC(=O)C3[Si](C)(C)C)CN1C2(C)C. The second-order valence-corrected chi connectivity index (χ2v) is 15.7. The van der Waals surface area contributed by atoms with E-state index in [0.717, 1.165) is 12.5 Å². The molecule has 0 amide bonds. The highest BCUT2D eigenvalue weighted by Gasteiger charge is 2.60. The molecule has 134 valence electrons. The number of hydrogen-bond acceptors (Lipinski definition) is 3. The summed E-state index contributed by atoms with van der Waals surface area (Å²) in [5.74, 6) is 2.10. The van der Waals surface area contributed by atoms with Gasteiger partial charge in [0.2, 0.25) is 0 Å². The van der Waals surface area contributed by atoms with E-state index < -0.39 is 8.07 Å². The van der Waals surface area contributed by atoms with Crippen LogP contribution in [0.5, 0.6) is 0 Å². The van der Waals surface area contributed by atoms with Gasteiger partial charge in [-0.3, -0.25) is 9.69 Å². The van der Waals surface area contributed by atoms with Crippen LogP contribution in [0, 0.1) is 17.8 Å². The van der Waals surface area contributed by atoms with Crippen LogP contribution < -0.4 is 0 Å². The third-order valence-corrected chi connectivity index (χ3v) is 9.85. The molecule has 4 heteroatoms. The van der Waals surface area contributed by atoms with Crippen LogP contribution in [0.15, 0.2) is 11.6 Å². The standard InChI is InChI=1S/C20H33NO2Si/c1-12-7-8-14-16(9-12)23-19-17-13(11-21(19)20(14,2)3)10-15(22)18(17)24(4,5)6/h10,12,14,16-19H,7-9,11H2,1-6H3/t12-,14-,16-,17?,18?,19+/m1/s1. The Morgan fingerprint density at radius 3 is 2.62 bits per heavy atom. The Balaban J connectivity index is 1.70. The summed E-state index contributed by atoms with van der Waals surface area (Å²) in [6, 6.07) is 0. The smallest absolute Gasteiger partial charge is 0.156 e. The van der Waals surface area contributed by atoms with Gasteiger partial charge < -0.3 is 4.74 Å². The van der Waals surface area contributed by atoms with E-state index in [9.17, 15) is 4.79 Å². The van der Waals surface area contributed by atoms with Crippen molar-refractivity contribution >= 4 is 13.9 Å². The number of carbonyl (C=O) groups is 1. The lowest BCUT2D eigenvalue weighted by Crippen LogP contribution is -2.64. The Labute approximate surface area is 147 Å². The van der Waals surface area contributed by atoms with E-state index in [2.05, 4.69) is 45.3 Å². The number of nitrogens with zero attached hydrogens (tertiary/aromatic N) is 1. The van der Waals surface area contributed by atoms with Gasteiger partial charge in [-0.05, 0) is 44.3 Å². The molecule has 2 unspecified atom stereocenters. The fourth-order valence-corrected chi connectivity index (χ4v) is 8.47. The molecule has 2 heterocycles. The highest BCUT2D eigenvalue weighted by Crippen LogP contribution is 2.55. The van der Waals surface area contributed by atoms with Crippen LogP contribution in [0.4, 0.5) is 0 Å². The number of carbonyl (C=O) groups excluding carboxylic acids is 1. The lowest BCUT2D eigenvalue weighted by atomic mass is 9.70. The van der Waals surface area contributed by atoms with Crippen LogP contribution in [0.25, 0.3) is 0 Å². The van der Waals surface area contributed by atoms with E-state index in [1.54, 1.807) is 0 Å². The lowest BCUT2D eigenvalue weighted by molar-refractivity contribution is -0.228. The van der Waals surface area contributed by atoms with Gasteiger partial charge in [0, 0.05) is 29.5 Å². The van der Waals surface area contributed by atoms with Gasteiger partial charge in [0.25, 0.3) is 0 Å². The molecule has 0 bridgehead atoms. The fourth-order valence-electron chi connectivity index (χ4n) is 6.07. The van der Waals surface area contributed by atoms with Crippen LogP contribution in [0.1, 0.15) is 40.0 Å². The van der Waals surface area contributed by atoms with Crippen LogP contribution in [-0.4, -0.2) is 43.2 Å². The monoisotopic (exact) mass is 347 g/mol. The van der Waals surface area contributed by atoms with E-state index in [1.165, 1.54) is 24.8 Å². The molecule has 0 radical (unpaired) electrons. The predicted molar refractivity (Wildman–Crippen MR) is 99.6 cm³/mol. The number of allylic oxidation sites excluding steroid dienone is 1. The molecule has 0 aromatic heterocycles.